The first kappa shape index (κ1) is 15.2. The van der Waals surface area contributed by atoms with Crippen molar-refractivity contribution in [3.05, 3.63) is 29.8 Å². The molecule has 0 aliphatic rings. The number of benzene rings is 1. The molecule has 1 unspecified atom stereocenters. The molecule has 4 nitrogen and oxygen atoms in total. The van der Waals surface area contributed by atoms with Gasteiger partial charge in [-0.15, -0.1) is 0 Å². The van der Waals surface area contributed by atoms with Crippen molar-refractivity contribution in [2.24, 2.45) is 5.92 Å². The largest absolute Gasteiger partial charge is 0.350 e. The van der Waals surface area contributed by atoms with Crippen LogP contribution in [0.2, 0.25) is 0 Å². The Kier molecular flexibility index (Phi) is 5.55. The van der Waals surface area contributed by atoms with Gasteiger partial charge in [-0.2, -0.15) is 0 Å². The van der Waals surface area contributed by atoms with Crippen LogP contribution in [0.15, 0.2) is 24.3 Å². The van der Waals surface area contributed by atoms with Crippen LogP contribution in [-0.4, -0.2) is 17.9 Å². The highest BCUT2D eigenvalue weighted by Gasteiger charge is 2.16. The van der Waals surface area contributed by atoms with Crippen molar-refractivity contribution in [1.29, 1.82) is 0 Å². The zero-order chi connectivity index (χ0) is 14.4. The van der Waals surface area contributed by atoms with Gasteiger partial charge in [-0.1, -0.05) is 26.0 Å². The van der Waals surface area contributed by atoms with Gasteiger partial charge in [0.05, 0.1) is 11.3 Å². The van der Waals surface area contributed by atoms with Crippen molar-refractivity contribution < 1.29 is 9.59 Å². The molecule has 19 heavy (non-hydrogen) atoms. The van der Waals surface area contributed by atoms with Gasteiger partial charge in [-0.3, -0.25) is 9.59 Å². The van der Waals surface area contributed by atoms with Gasteiger partial charge in [0.1, 0.15) is 0 Å². The minimum atomic E-state index is -0.171. The van der Waals surface area contributed by atoms with E-state index in [1.807, 2.05) is 27.7 Å². The summed E-state index contributed by atoms with van der Waals surface area (Å²) in [6.07, 6.45) is 0.770. The highest BCUT2D eigenvalue weighted by molar-refractivity contribution is 6.04. The van der Waals surface area contributed by atoms with Crippen LogP contribution in [-0.2, 0) is 4.79 Å². The number of nitrogens with one attached hydrogen (secondary N) is 2. The van der Waals surface area contributed by atoms with Crippen LogP contribution in [0.4, 0.5) is 5.69 Å². The third-order valence-electron chi connectivity index (χ3n) is 2.91. The number of hydrogen-bond acceptors (Lipinski definition) is 2. The summed E-state index contributed by atoms with van der Waals surface area (Å²) in [6, 6.07) is 7.11. The van der Waals surface area contributed by atoms with E-state index < -0.39 is 0 Å². The zero-order valence-corrected chi connectivity index (χ0v) is 12.0. The summed E-state index contributed by atoms with van der Waals surface area (Å²) in [5, 5.41) is 5.64. The lowest BCUT2D eigenvalue weighted by molar-refractivity contribution is -0.119. The molecule has 104 valence electrons. The number of hydrogen-bond donors (Lipinski definition) is 2. The Labute approximate surface area is 114 Å². The Balaban J connectivity index is 2.90. The van der Waals surface area contributed by atoms with Crippen molar-refractivity contribution >= 4 is 17.5 Å². The lowest BCUT2D eigenvalue weighted by Crippen LogP contribution is -2.31. The minimum Gasteiger partial charge on any atom is -0.350 e. The Morgan fingerprint density at radius 1 is 1.16 bits per heavy atom. The lowest BCUT2D eigenvalue weighted by Gasteiger charge is -2.14. The molecular weight excluding hydrogens is 240 g/mol. The van der Waals surface area contributed by atoms with Crippen LogP contribution < -0.4 is 10.6 Å². The van der Waals surface area contributed by atoms with E-state index in [0.29, 0.717) is 11.3 Å². The number of anilines is 1. The fraction of sp³-hybridized carbons (Fsp3) is 0.467. The van der Waals surface area contributed by atoms with Crippen LogP contribution in [0.5, 0.6) is 0 Å². The topological polar surface area (TPSA) is 58.2 Å². The van der Waals surface area contributed by atoms with Gasteiger partial charge >= 0.3 is 0 Å². The van der Waals surface area contributed by atoms with E-state index in [0.717, 1.165) is 6.42 Å². The number of amides is 2. The van der Waals surface area contributed by atoms with Crippen molar-refractivity contribution in [2.75, 3.05) is 5.32 Å². The Morgan fingerprint density at radius 3 is 2.37 bits per heavy atom. The monoisotopic (exact) mass is 262 g/mol. The molecule has 0 saturated heterocycles. The van der Waals surface area contributed by atoms with Gasteiger partial charge in [0.25, 0.3) is 5.91 Å². The second-order valence-electron chi connectivity index (χ2n) is 4.97. The minimum absolute atomic E-state index is 0.0609. The molecule has 0 aliphatic heterocycles. The standard InChI is InChI=1S/C15H22N2O2/c1-5-11(4)14(18)17-13-9-7-6-8-12(13)15(19)16-10(2)3/h6-11H,5H2,1-4H3,(H,16,19)(H,17,18). The maximum atomic E-state index is 12.0. The summed E-state index contributed by atoms with van der Waals surface area (Å²) in [5.41, 5.74) is 1.05. The maximum Gasteiger partial charge on any atom is 0.253 e. The van der Waals surface area contributed by atoms with Crippen LogP contribution in [0.3, 0.4) is 0 Å². The molecule has 0 heterocycles. The fourth-order valence-electron chi connectivity index (χ4n) is 1.57. The smallest absolute Gasteiger partial charge is 0.253 e. The molecule has 0 bridgehead atoms. The molecule has 1 rings (SSSR count). The fourth-order valence-corrected chi connectivity index (χ4v) is 1.57. The molecule has 0 fully saturated rings. The van der Waals surface area contributed by atoms with E-state index in [-0.39, 0.29) is 23.8 Å². The third-order valence-corrected chi connectivity index (χ3v) is 2.91. The molecule has 0 saturated carbocycles. The quantitative estimate of drug-likeness (QED) is 0.857. The molecule has 2 amide bonds. The molecule has 0 aromatic heterocycles. The lowest BCUT2D eigenvalue weighted by atomic mass is 10.1. The second-order valence-corrected chi connectivity index (χ2v) is 4.97. The Bertz CT molecular complexity index is 455. The van der Waals surface area contributed by atoms with Crippen LogP contribution in [0.25, 0.3) is 0 Å². The Morgan fingerprint density at radius 2 is 1.79 bits per heavy atom. The molecule has 1 atom stereocenters. The number of para-hydroxylation sites is 1. The van der Waals surface area contributed by atoms with Crippen LogP contribution >= 0.6 is 0 Å². The third kappa shape index (κ3) is 4.39. The van der Waals surface area contributed by atoms with Gasteiger partial charge in [0, 0.05) is 12.0 Å². The Hall–Kier alpha value is -1.84. The van der Waals surface area contributed by atoms with E-state index in [1.54, 1.807) is 24.3 Å². The molecule has 1 aromatic rings. The van der Waals surface area contributed by atoms with E-state index in [9.17, 15) is 9.59 Å². The van der Waals surface area contributed by atoms with E-state index in [2.05, 4.69) is 10.6 Å². The average molecular weight is 262 g/mol. The van der Waals surface area contributed by atoms with Gasteiger partial charge < -0.3 is 10.6 Å². The highest BCUT2D eigenvalue weighted by Crippen LogP contribution is 2.16. The normalized spacial score (nSPS) is 12.1. The molecule has 1 aromatic carbocycles. The molecule has 2 N–H and O–H groups in total. The average Bonchev–Trinajstić information content (AvgIpc) is 2.37. The number of carbonyl (C=O) groups is 2. The van der Waals surface area contributed by atoms with Gasteiger partial charge in [-0.05, 0) is 32.4 Å². The summed E-state index contributed by atoms with van der Waals surface area (Å²) >= 11 is 0. The van der Waals surface area contributed by atoms with E-state index in [1.165, 1.54) is 0 Å². The van der Waals surface area contributed by atoms with Gasteiger partial charge in [0.2, 0.25) is 5.91 Å². The molecule has 0 aliphatic carbocycles. The zero-order valence-electron chi connectivity index (χ0n) is 12.0. The molecule has 4 heteroatoms. The predicted octanol–water partition coefficient (Wildman–Crippen LogP) is 2.81. The first-order valence-corrected chi connectivity index (χ1v) is 6.66. The maximum absolute atomic E-state index is 12.0. The van der Waals surface area contributed by atoms with Crippen molar-refractivity contribution in [3.8, 4) is 0 Å². The SMILES string of the molecule is CCC(C)C(=O)Nc1ccccc1C(=O)NC(C)C. The van der Waals surface area contributed by atoms with Gasteiger partial charge in [0.15, 0.2) is 0 Å². The first-order chi connectivity index (χ1) is 8.95. The van der Waals surface area contributed by atoms with Crippen LogP contribution in [0, 0.1) is 5.92 Å². The van der Waals surface area contributed by atoms with Crippen LogP contribution in [0.1, 0.15) is 44.5 Å². The van der Waals surface area contributed by atoms with Crippen molar-refractivity contribution in [2.45, 2.75) is 40.2 Å². The summed E-state index contributed by atoms with van der Waals surface area (Å²) in [7, 11) is 0. The molecule has 0 spiro atoms. The molecular formula is C15H22N2O2. The summed E-state index contributed by atoms with van der Waals surface area (Å²) in [5.74, 6) is -0.302. The highest BCUT2D eigenvalue weighted by atomic mass is 16.2. The summed E-state index contributed by atoms with van der Waals surface area (Å²) in [6.45, 7) is 7.63. The second kappa shape index (κ2) is 6.92. The first-order valence-electron chi connectivity index (χ1n) is 6.66. The number of rotatable bonds is 5. The summed E-state index contributed by atoms with van der Waals surface area (Å²) in [4.78, 5) is 23.9. The summed E-state index contributed by atoms with van der Waals surface area (Å²) < 4.78 is 0. The van der Waals surface area contributed by atoms with E-state index in [4.69, 9.17) is 0 Å². The molecule has 0 radical (unpaired) electrons. The van der Waals surface area contributed by atoms with E-state index >= 15 is 0 Å². The van der Waals surface area contributed by atoms with Gasteiger partial charge in [-0.25, -0.2) is 0 Å². The van der Waals surface area contributed by atoms with Crippen molar-refractivity contribution in [3.63, 3.8) is 0 Å². The predicted molar refractivity (Wildman–Crippen MR) is 77.1 cm³/mol. The number of carbonyl (C=O) groups excluding carboxylic acids is 2. The van der Waals surface area contributed by atoms with Crippen molar-refractivity contribution in [1.82, 2.24) is 5.32 Å².